The Morgan fingerprint density at radius 1 is 1.30 bits per heavy atom. The van der Waals surface area contributed by atoms with Gasteiger partial charge in [0.2, 0.25) is 5.91 Å². The molecule has 3 aromatic rings. The number of carbonyl (C=O) groups excluding carboxylic acids is 1. The van der Waals surface area contributed by atoms with Gasteiger partial charge in [-0.25, -0.2) is 4.98 Å². The number of rotatable bonds is 8. The standard InChI is InChI=1S/C24H27N3O4S2/c1-2-30-16-10-8-15(9-11-16)27-23(29)21-18-6-3-7-19(18)33-22(21)26-24(27)32-14-20(28)25-13-17-5-4-12-31-17/h8-11,17H,2-7,12-14H2,1H3,(H,25,28)/t17-/m1/s1. The van der Waals surface area contributed by atoms with Crippen molar-refractivity contribution in [3.05, 3.63) is 45.1 Å². The Balaban J connectivity index is 1.45. The number of hydrogen-bond donors (Lipinski definition) is 1. The van der Waals surface area contributed by atoms with Gasteiger partial charge in [0.1, 0.15) is 10.6 Å². The summed E-state index contributed by atoms with van der Waals surface area (Å²) in [5.41, 5.74) is 1.81. The Bertz CT molecular complexity index is 1210. The molecule has 9 heteroatoms. The van der Waals surface area contributed by atoms with E-state index >= 15 is 0 Å². The number of hydrogen-bond acceptors (Lipinski definition) is 7. The topological polar surface area (TPSA) is 82.4 Å². The number of ether oxygens (including phenoxy) is 2. The Morgan fingerprint density at radius 2 is 2.15 bits per heavy atom. The van der Waals surface area contributed by atoms with E-state index in [1.54, 1.807) is 15.9 Å². The SMILES string of the molecule is CCOc1ccc(-n2c(SCC(=O)NC[C@H]3CCCO3)nc3sc4c(c3c2=O)CCC4)cc1. The van der Waals surface area contributed by atoms with E-state index in [1.807, 2.05) is 31.2 Å². The summed E-state index contributed by atoms with van der Waals surface area (Å²) in [7, 11) is 0. The zero-order valence-electron chi connectivity index (χ0n) is 18.6. The van der Waals surface area contributed by atoms with Gasteiger partial charge in [0.15, 0.2) is 5.16 Å². The predicted octanol–water partition coefficient (Wildman–Crippen LogP) is 3.72. The molecule has 1 aliphatic heterocycles. The van der Waals surface area contributed by atoms with Gasteiger partial charge in [-0.2, -0.15) is 0 Å². The van der Waals surface area contributed by atoms with E-state index in [1.165, 1.54) is 16.6 Å². The van der Waals surface area contributed by atoms with Gasteiger partial charge in [-0.05, 0) is 68.9 Å². The number of nitrogens with zero attached hydrogens (tertiary/aromatic N) is 2. The summed E-state index contributed by atoms with van der Waals surface area (Å²) in [6.07, 6.45) is 5.13. The average molecular weight is 486 g/mol. The van der Waals surface area contributed by atoms with Gasteiger partial charge in [0.25, 0.3) is 5.56 Å². The molecule has 3 heterocycles. The molecule has 7 nitrogen and oxygen atoms in total. The maximum atomic E-state index is 13.7. The Morgan fingerprint density at radius 3 is 2.91 bits per heavy atom. The van der Waals surface area contributed by atoms with Crippen LogP contribution in [0, 0.1) is 0 Å². The Hall–Kier alpha value is -2.36. The molecule has 1 atom stereocenters. The van der Waals surface area contributed by atoms with E-state index in [4.69, 9.17) is 14.5 Å². The molecule has 0 bridgehead atoms. The molecule has 5 rings (SSSR count). The van der Waals surface area contributed by atoms with Crippen LogP contribution in [0.2, 0.25) is 0 Å². The van der Waals surface area contributed by atoms with E-state index in [2.05, 4.69) is 5.32 Å². The van der Waals surface area contributed by atoms with Crippen molar-refractivity contribution in [2.45, 2.75) is 50.3 Å². The lowest BCUT2D eigenvalue weighted by atomic mass is 10.2. The van der Waals surface area contributed by atoms with E-state index in [-0.39, 0.29) is 23.3 Å². The second kappa shape index (κ2) is 9.87. The average Bonchev–Trinajstić information content (AvgIpc) is 3.55. The summed E-state index contributed by atoms with van der Waals surface area (Å²) >= 11 is 2.91. The molecule has 1 fully saturated rings. The third-order valence-electron chi connectivity index (χ3n) is 6.00. The number of amides is 1. The molecule has 1 saturated heterocycles. The fourth-order valence-corrected chi connectivity index (χ4v) is 6.57. The summed E-state index contributed by atoms with van der Waals surface area (Å²) in [6.45, 7) is 3.80. The molecule has 0 saturated carbocycles. The number of carbonyl (C=O) groups is 1. The van der Waals surface area contributed by atoms with Crippen molar-refractivity contribution in [3.63, 3.8) is 0 Å². The van der Waals surface area contributed by atoms with Gasteiger partial charge in [0.05, 0.1) is 29.5 Å². The molecular formula is C24H27N3O4S2. The van der Waals surface area contributed by atoms with Crippen molar-refractivity contribution >= 4 is 39.2 Å². The molecule has 2 aliphatic rings. The van der Waals surface area contributed by atoms with E-state index < -0.39 is 0 Å². The fourth-order valence-electron chi connectivity index (χ4n) is 4.42. The van der Waals surface area contributed by atoms with Crippen molar-refractivity contribution in [1.29, 1.82) is 0 Å². The van der Waals surface area contributed by atoms with Gasteiger partial charge in [-0.15, -0.1) is 11.3 Å². The number of benzene rings is 1. The number of nitrogens with one attached hydrogen (secondary N) is 1. The first-order chi connectivity index (χ1) is 16.1. The maximum absolute atomic E-state index is 13.7. The molecule has 1 aromatic carbocycles. The summed E-state index contributed by atoms with van der Waals surface area (Å²) in [5, 5.41) is 4.21. The largest absolute Gasteiger partial charge is 0.494 e. The lowest BCUT2D eigenvalue weighted by Crippen LogP contribution is -2.33. The van der Waals surface area contributed by atoms with Crippen LogP contribution >= 0.6 is 23.1 Å². The minimum atomic E-state index is -0.0863. The van der Waals surface area contributed by atoms with Crippen LogP contribution in [-0.2, 0) is 22.4 Å². The summed E-state index contributed by atoms with van der Waals surface area (Å²) in [5.74, 6) is 0.853. The third-order valence-corrected chi connectivity index (χ3v) is 8.12. The molecular weight excluding hydrogens is 458 g/mol. The number of thioether (sulfide) groups is 1. The van der Waals surface area contributed by atoms with Gasteiger partial charge < -0.3 is 14.8 Å². The molecule has 0 unspecified atom stereocenters. The molecule has 1 amide bonds. The van der Waals surface area contributed by atoms with Crippen molar-refractivity contribution < 1.29 is 14.3 Å². The zero-order chi connectivity index (χ0) is 22.8. The fraction of sp³-hybridized carbons (Fsp3) is 0.458. The first-order valence-corrected chi connectivity index (χ1v) is 13.3. The van der Waals surface area contributed by atoms with E-state index in [0.717, 1.165) is 65.9 Å². The van der Waals surface area contributed by atoms with Gasteiger partial charge in [-0.1, -0.05) is 11.8 Å². The van der Waals surface area contributed by atoms with Crippen molar-refractivity contribution in [2.24, 2.45) is 0 Å². The van der Waals surface area contributed by atoms with Gasteiger partial charge in [-0.3, -0.25) is 14.2 Å². The van der Waals surface area contributed by atoms with Crippen LogP contribution in [0.15, 0.2) is 34.2 Å². The minimum Gasteiger partial charge on any atom is -0.494 e. The molecule has 1 N–H and O–H groups in total. The Labute approximate surface area is 200 Å². The van der Waals surface area contributed by atoms with Crippen LogP contribution in [0.4, 0.5) is 0 Å². The highest BCUT2D eigenvalue weighted by molar-refractivity contribution is 7.99. The van der Waals surface area contributed by atoms with Crippen molar-refractivity contribution in [1.82, 2.24) is 14.9 Å². The highest BCUT2D eigenvalue weighted by Gasteiger charge is 2.24. The van der Waals surface area contributed by atoms with E-state index in [9.17, 15) is 9.59 Å². The zero-order valence-corrected chi connectivity index (χ0v) is 20.2. The quantitative estimate of drug-likeness (QED) is 0.387. The number of aryl methyl sites for hydroxylation is 2. The van der Waals surface area contributed by atoms with Crippen LogP contribution in [0.25, 0.3) is 15.9 Å². The van der Waals surface area contributed by atoms with Crippen molar-refractivity contribution in [3.8, 4) is 11.4 Å². The highest BCUT2D eigenvalue weighted by atomic mass is 32.2. The molecule has 2 aromatic heterocycles. The van der Waals surface area contributed by atoms with Gasteiger partial charge in [0, 0.05) is 18.0 Å². The second-order valence-corrected chi connectivity index (χ2v) is 10.3. The minimum absolute atomic E-state index is 0.0641. The first-order valence-electron chi connectivity index (χ1n) is 11.5. The Kier molecular flexibility index (Phi) is 6.71. The lowest BCUT2D eigenvalue weighted by molar-refractivity contribution is -0.119. The van der Waals surface area contributed by atoms with Crippen LogP contribution in [0.5, 0.6) is 5.75 Å². The lowest BCUT2D eigenvalue weighted by Gasteiger charge is -2.14. The van der Waals surface area contributed by atoms with Crippen molar-refractivity contribution in [2.75, 3.05) is 25.5 Å². The third kappa shape index (κ3) is 4.67. The molecule has 174 valence electrons. The summed E-state index contributed by atoms with van der Waals surface area (Å²) in [4.78, 5) is 33.1. The summed E-state index contributed by atoms with van der Waals surface area (Å²) in [6, 6.07) is 7.45. The highest BCUT2D eigenvalue weighted by Crippen LogP contribution is 2.36. The number of aromatic nitrogens is 2. The first kappa shape index (κ1) is 22.4. The van der Waals surface area contributed by atoms with Crippen LogP contribution < -0.4 is 15.6 Å². The van der Waals surface area contributed by atoms with Crippen LogP contribution in [0.1, 0.15) is 36.6 Å². The molecule has 1 aliphatic carbocycles. The van der Waals surface area contributed by atoms with Crippen LogP contribution in [-0.4, -0.2) is 47.1 Å². The maximum Gasteiger partial charge on any atom is 0.267 e. The normalized spacial score (nSPS) is 17.4. The predicted molar refractivity (Wildman–Crippen MR) is 131 cm³/mol. The van der Waals surface area contributed by atoms with E-state index in [0.29, 0.717) is 18.3 Å². The number of thiophene rings is 1. The number of fused-ring (bicyclic) bond motifs is 3. The molecule has 0 radical (unpaired) electrons. The molecule has 0 spiro atoms. The monoisotopic (exact) mass is 485 g/mol. The molecule has 33 heavy (non-hydrogen) atoms. The summed E-state index contributed by atoms with van der Waals surface area (Å²) < 4.78 is 12.8. The van der Waals surface area contributed by atoms with Crippen LogP contribution in [0.3, 0.4) is 0 Å². The second-order valence-electron chi connectivity index (χ2n) is 8.23. The van der Waals surface area contributed by atoms with Gasteiger partial charge >= 0.3 is 0 Å². The smallest absolute Gasteiger partial charge is 0.267 e.